The molecular weight excluding hydrogens is 254 g/mol. The van der Waals surface area contributed by atoms with Crippen LogP contribution in [0.15, 0.2) is 42.5 Å². The van der Waals surface area contributed by atoms with E-state index in [2.05, 4.69) is 10.8 Å². The SMILES string of the molecule is COC(=O)c1cc(-c2cccc(CC#N)c2)ccc1O. The number of hydrogen-bond acceptors (Lipinski definition) is 4. The van der Waals surface area contributed by atoms with E-state index in [1.807, 2.05) is 24.3 Å². The maximum Gasteiger partial charge on any atom is 0.341 e. The molecule has 0 radical (unpaired) electrons. The van der Waals surface area contributed by atoms with Crippen LogP contribution >= 0.6 is 0 Å². The van der Waals surface area contributed by atoms with Gasteiger partial charge >= 0.3 is 5.97 Å². The fourth-order valence-corrected chi connectivity index (χ4v) is 1.94. The number of ether oxygens (including phenoxy) is 1. The van der Waals surface area contributed by atoms with Gasteiger partial charge in [-0.25, -0.2) is 4.79 Å². The summed E-state index contributed by atoms with van der Waals surface area (Å²) in [7, 11) is 1.27. The molecule has 4 heteroatoms. The number of nitrogens with zero attached hydrogens (tertiary/aromatic N) is 1. The van der Waals surface area contributed by atoms with Gasteiger partial charge in [-0.05, 0) is 28.8 Å². The fraction of sp³-hybridized carbons (Fsp3) is 0.125. The predicted molar refractivity (Wildman–Crippen MR) is 74.2 cm³/mol. The lowest BCUT2D eigenvalue weighted by molar-refractivity contribution is 0.0597. The van der Waals surface area contributed by atoms with Gasteiger partial charge in [-0.15, -0.1) is 0 Å². The summed E-state index contributed by atoms with van der Waals surface area (Å²) in [6.07, 6.45) is 0.329. The molecule has 2 rings (SSSR count). The first-order valence-corrected chi connectivity index (χ1v) is 6.03. The lowest BCUT2D eigenvalue weighted by Gasteiger charge is -2.07. The molecule has 0 saturated heterocycles. The molecule has 2 aromatic rings. The molecule has 0 aromatic heterocycles. The van der Waals surface area contributed by atoms with Crippen LogP contribution in [0.1, 0.15) is 15.9 Å². The average molecular weight is 267 g/mol. The van der Waals surface area contributed by atoms with Gasteiger partial charge in [0.05, 0.1) is 19.6 Å². The van der Waals surface area contributed by atoms with Gasteiger partial charge in [-0.3, -0.25) is 0 Å². The topological polar surface area (TPSA) is 70.3 Å². The largest absolute Gasteiger partial charge is 0.507 e. The maximum atomic E-state index is 11.6. The van der Waals surface area contributed by atoms with Crippen LogP contribution in [0.4, 0.5) is 0 Å². The quantitative estimate of drug-likeness (QED) is 0.868. The molecule has 0 heterocycles. The summed E-state index contributed by atoms with van der Waals surface area (Å²) in [6.45, 7) is 0. The molecule has 0 unspecified atom stereocenters. The summed E-state index contributed by atoms with van der Waals surface area (Å²) in [5.41, 5.74) is 2.68. The van der Waals surface area contributed by atoms with E-state index in [9.17, 15) is 9.90 Å². The number of esters is 1. The minimum atomic E-state index is -0.586. The van der Waals surface area contributed by atoms with Crippen molar-refractivity contribution in [2.24, 2.45) is 0 Å². The standard InChI is InChI=1S/C16H13NO3/c1-20-16(19)14-10-13(5-6-15(14)18)12-4-2-3-11(9-12)7-8-17/h2-6,9-10,18H,7H2,1H3. The monoisotopic (exact) mass is 267 g/mol. The Bertz CT molecular complexity index is 686. The zero-order valence-corrected chi connectivity index (χ0v) is 11.0. The van der Waals surface area contributed by atoms with Crippen molar-refractivity contribution < 1.29 is 14.6 Å². The molecule has 0 aliphatic heterocycles. The molecule has 2 aromatic carbocycles. The third kappa shape index (κ3) is 2.78. The summed E-state index contributed by atoms with van der Waals surface area (Å²) in [5, 5.41) is 18.4. The number of carbonyl (C=O) groups is 1. The Labute approximate surface area is 116 Å². The Kier molecular flexibility index (Phi) is 4.02. The second-order valence-corrected chi connectivity index (χ2v) is 4.26. The van der Waals surface area contributed by atoms with Crippen molar-refractivity contribution in [1.82, 2.24) is 0 Å². The zero-order chi connectivity index (χ0) is 14.5. The summed E-state index contributed by atoms with van der Waals surface area (Å²) < 4.78 is 4.63. The van der Waals surface area contributed by atoms with Crippen molar-refractivity contribution in [3.8, 4) is 22.9 Å². The first-order valence-electron chi connectivity index (χ1n) is 6.03. The summed E-state index contributed by atoms with van der Waals surface area (Å²) in [4.78, 5) is 11.6. The van der Waals surface area contributed by atoms with E-state index in [1.54, 1.807) is 12.1 Å². The maximum absolute atomic E-state index is 11.6. The first-order chi connectivity index (χ1) is 9.65. The highest BCUT2D eigenvalue weighted by atomic mass is 16.5. The van der Waals surface area contributed by atoms with E-state index < -0.39 is 5.97 Å². The Morgan fingerprint density at radius 2 is 2.00 bits per heavy atom. The van der Waals surface area contributed by atoms with Gasteiger partial charge < -0.3 is 9.84 Å². The van der Waals surface area contributed by atoms with Gasteiger partial charge in [0.1, 0.15) is 11.3 Å². The molecule has 4 nitrogen and oxygen atoms in total. The van der Waals surface area contributed by atoms with E-state index >= 15 is 0 Å². The minimum absolute atomic E-state index is 0.117. The van der Waals surface area contributed by atoms with Gasteiger partial charge in [0.2, 0.25) is 0 Å². The van der Waals surface area contributed by atoms with E-state index in [4.69, 9.17) is 5.26 Å². The van der Waals surface area contributed by atoms with Crippen molar-refractivity contribution in [2.75, 3.05) is 7.11 Å². The Morgan fingerprint density at radius 1 is 1.25 bits per heavy atom. The minimum Gasteiger partial charge on any atom is -0.507 e. The number of carbonyl (C=O) groups excluding carboxylic acids is 1. The summed E-state index contributed by atoms with van der Waals surface area (Å²) in [5.74, 6) is -0.702. The normalized spacial score (nSPS) is 9.80. The smallest absolute Gasteiger partial charge is 0.341 e. The molecule has 100 valence electrons. The Hall–Kier alpha value is -2.80. The van der Waals surface area contributed by atoms with Crippen LogP contribution in [-0.2, 0) is 11.2 Å². The van der Waals surface area contributed by atoms with Crippen molar-refractivity contribution in [2.45, 2.75) is 6.42 Å². The average Bonchev–Trinajstić information content (AvgIpc) is 2.47. The van der Waals surface area contributed by atoms with Crippen LogP contribution < -0.4 is 0 Å². The van der Waals surface area contributed by atoms with Gasteiger partial charge in [0.15, 0.2) is 0 Å². The highest BCUT2D eigenvalue weighted by Gasteiger charge is 2.12. The summed E-state index contributed by atoms with van der Waals surface area (Å²) >= 11 is 0. The van der Waals surface area contributed by atoms with Gasteiger partial charge in [-0.1, -0.05) is 30.3 Å². The third-order valence-electron chi connectivity index (χ3n) is 2.95. The number of benzene rings is 2. The van der Waals surface area contributed by atoms with Crippen molar-refractivity contribution in [3.05, 3.63) is 53.6 Å². The molecule has 0 spiro atoms. The van der Waals surface area contributed by atoms with Crippen molar-refractivity contribution in [1.29, 1.82) is 5.26 Å². The zero-order valence-electron chi connectivity index (χ0n) is 11.0. The molecule has 0 fully saturated rings. The number of rotatable bonds is 3. The molecule has 1 N–H and O–H groups in total. The van der Waals surface area contributed by atoms with Gasteiger partial charge in [0.25, 0.3) is 0 Å². The number of phenols is 1. The van der Waals surface area contributed by atoms with Gasteiger partial charge in [-0.2, -0.15) is 5.26 Å². The lowest BCUT2D eigenvalue weighted by Crippen LogP contribution is -2.01. The number of phenolic OH excluding ortho intramolecular Hbond substituents is 1. The second kappa shape index (κ2) is 5.89. The van der Waals surface area contributed by atoms with Crippen LogP contribution in [0.25, 0.3) is 11.1 Å². The second-order valence-electron chi connectivity index (χ2n) is 4.26. The molecule has 0 aliphatic carbocycles. The number of hydrogen-bond donors (Lipinski definition) is 1. The number of nitriles is 1. The summed E-state index contributed by atoms with van der Waals surface area (Å²) in [6, 6.07) is 14.3. The lowest BCUT2D eigenvalue weighted by atomic mass is 10.00. The highest BCUT2D eigenvalue weighted by Crippen LogP contribution is 2.27. The predicted octanol–water partition coefficient (Wildman–Crippen LogP) is 2.91. The number of methoxy groups -OCH3 is 1. The van der Waals surface area contributed by atoms with Crippen LogP contribution in [0.3, 0.4) is 0 Å². The molecule has 0 saturated carbocycles. The molecule has 20 heavy (non-hydrogen) atoms. The van der Waals surface area contributed by atoms with Crippen LogP contribution in [0.2, 0.25) is 0 Å². The van der Waals surface area contributed by atoms with Gasteiger partial charge in [0, 0.05) is 0 Å². The van der Waals surface area contributed by atoms with Crippen molar-refractivity contribution >= 4 is 5.97 Å². The first kappa shape index (κ1) is 13.6. The van der Waals surface area contributed by atoms with Crippen LogP contribution in [0, 0.1) is 11.3 Å². The van der Waals surface area contributed by atoms with Crippen molar-refractivity contribution in [3.63, 3.8) is 0 Å². The van der Waals surface area contributed by atoms with E-state index in [1.165, 1.54) is 13.2 Å². The molecule has 0 amide bonds. The Morgan fingerprint density at radius 3 is 2.70 bits per heavy atom. The Balaban J connectivity index is 2.45. The number of aromatic hydroxyl groups is 1. The molecular formula is C16H13NO3. The third-order valence-corrected chi connectivity index (χ3v) is 2.95. The van der Waals surface area contributed by atoms with E-state index in [-0.39, 0.29) is 11.3 Å². The fourth-order valence-electron chi connectivity index (χ4n) is 1.94. The van der Waals surface area contributed by atoms with Crippen LogP contribution in [0.5, 0.6) is 5.75 Å². The van der Waals surface area contributed by atoms with E-state index in [0.29, 0.717) is 6.42 Å². The molecule has 0 bridgehead atoms. The van der Waals surface area contributed by atoms with Crippen LogP contribution in [-0.4, -0.2) is 18.2 Å². The highest BCUT2D eigenvalue weighted by molar-refractivity contribution is 5.94. The molecule has 0 aliphatic rings. The van der Waals surface area contributed by atoms with E-state index in [0.717, 1.165) is 16.7 Å². The molecule has 0 atom stereocenters.